The van der Waals surface area contributed by atoms with Gasteiger partial charge in [0.2, 0.25) is 11.2 Å². The van der Waals surface area contributed by atoms with E-state index >= 15 is 0 Å². The van der Waals surface area contributed by atoms with Crippen molar-refractivity contribution in [3.8, 4) is 0 Å². The van der Waals surface area contributed by atoms with Crippen LogP contribution < -0.4 is 0 Å². The molecule has 0 aromatic rings. The summed E-state index contributed by atoms with van der Waals surface area (Å²) in [5.74, 6) is -5.24. The Morgan fingerprint density at radius 1 is 0.875 bits per heavy atom. The molecule has 6 atom stereocenters. The number of carbonyl (C=O) groups excluding carboxylic acids is 4. The van der Waals surface area contributed by atoms with E-state index in [9.17, 15) is 44.7 Å². The molecule has 1 aliphatic heterocycles. The number of aliphatic hydroxyl groups excluding tert-OH is 2. The normalized spacial score (nSPS) is 40.7. The summed E-state index contributed by atoms with van der Waals surface area (Å²) in [6.45, 7) is 2.88. The van der Waals surface area contributed by atoms with Crippen LogP contribution in [0.3, 0.4) is 0 Å². The fourth-order valence-electron chi connectivity index (χ4n) is 2.95. The summed E-state index contributed by atoms with van der Waals surface area (Å²) in [6, 6.07) is 0. The van der Waals surface area contributed by atoms with Crippen LogP contribution in [0.4, 0.5) is 0 Å². The Morgan fingerprint density at radius 3 is 1.58 bits per heavy atom. The lowest BCUT2D eigenvalue weighted by Crippen LogP contribution is -2.87. The van der Waals surface area contributed by atoms with Gasteiger partial charge >= 0.3 is 0 Å². The first-order valence-corrected chi connectivity index (χ1v) is 6.92. The van der Waals surface area contributed by atoms with Crippen molar-refractivity contribution in [1.82, 2.24) is 0 Å². The van der Waals surface area contributed by atoms with Gasteiger partial charge in [-0.2, -0.15) is 0 Å². The van der Waals surface area contributed by atoms with E-state index in [-0.39, 0.29) is 0 Å². The van der Waals surface area contributed by atoms with Gasteiger partial charge in [-0.1, -0.05) is 0 Å². The summed E-state index contributed by atoms with van der Waals surface area (Å²) in [7, 11) is 0. The highest BCUT2D eigenvalue weighted by molar-refractivity contribution is 6.05. The molecule has 0 aromatic heterocycles. The van der Waals surface area contributed by atoms with Crippen molar-refractivity contribution >= 4 is 23.1 Å². The summed E-state index contributed by atoms with van der Waals surface area (Å²) in [6.07, 6.45) is -7.16. The number of aliphatic hydroxyl groups is 5. The second-order valence-corrected chi connectivity index (χ2v) is 5.88. The van der Waals surface area contributed by atoms with Gasteiger partial charge < -0.3 is 30.3 Å². The topological polar surface area (TPSA) is 179 Å². The summed E-state index contributed by atoms with van der Waals surface area (Å²) >= 11 is 0. The highest BCUT2D eigenvalue weighted by atomic mass is 16.7. The second kappa shape index (κ2) is 6.06. The van der Waals surface area contributed by atoms with Crippen LogP contribution in [-0.2, 0) is 23.9 Å². The molecule has 0 aromatic carbocycles. The largest absolute Gasteiger partial charge is 0.382 e. The Kier molecular flexibility index (Phi) is 5.17. The Balaban J connectivity index is 3.86. The number of ether oxygens (including phenoxy) is 1. The van der Waals surface area contributed by atoms with Gasteiger partial charge in [-0.25, -0.2) is 0 Å². The van der Waals surface area contributed by atoms with Gasteiger partial charge in [0.05, 0.1) is 0 Å². The Labute approximate surface area is 136 Å². The highest BCUT2D eigenvalue weighted by Crippen LogP contribution is 2.46. The lowest BCUT2D eigenvalue weighted by Gasteiger charge is -2.57. The van der Waals surface area contributed by atoms with Crippen LogP contribution in [-0.4, -0.2) is 84.0 Å². The highest BCUT2D eigenvalue weighted by Gasteiger charge is 2.79. The molecule has 10 heteroatoms. The number of hydrogen-bond donors (Lipinski definition) is 5. The molecule has 0 radical (unpaired) electrons. The molecule has 0 aliphatic carbocycles. The van der Waals surface area contributed by atoms with Gasteiger partial charge in [-0.05, 0) is 27.7 Å². The molecule has 1 heterocycles. The molecule has 5 N–H and O–H groups in total. The van der Waals surface area contributed by atoms with E-state index in [4.69, 9.17) is 4.74 Å². The maximum absolute atomic E-state index is 12.0. The molecule has 136 valence electrons. The zero-order valence-electron chi connectivity index (χ0n) is 13.5. The third kappa shape index (κ3) is 2.26. The molecule has 1 unspecified atom stereocenters. The molecule has 1 rings (SSSR count). The van der Waals surface area contributed by atoms with Crippen molar-refractivity contribution in [2.75, 3.05) is 0 Å². The van der Waals surface area contributed by atoms with E-state index in [2.05, 4.69) is 0 Å². The average molecular weight is 348 g/mol. The number of rotatable bonds is 5. The first kappa shape index (κ1) is 20.5. The number of ketones is 4. The number of hydrogen-bond acceptors (Lipinski definition) is 10. The Bertz CT molecular complexity index is 600. The maximum atomic E-state index is 12.0. The van der Waals surface area contributed by atoms with Gasteiger partial charge in [0.1, 0.15) is 12.2 Å². The van der Waals surface area contributed by atoms with Crippen LogP contribution in [0, 0.1) is 0 Å². The van der Waals surface area contributed by atoms with Gasteiger partial charge in [-0.15, -0.1) is 0 Å². The van der Waals surface area contributed by atoms with Crippen molar-refractivity contribution in [2.24, 2.45) is 0 Å². The summed E-state index contributed by atoms with van der Waals surface area (Å²) in [5.41, 5.74) is -10.4. The molecule has 0 amide bonds. The lowest BCUT2D eigenvalue weighted by molar-refractivity contribution is -0.364. The molecular weight excluding hydrogens is 328 g/mol. The summed E-state index contributed by atoms with van der Waals surface area (Å²) in [5, 5.41) is 51.8. The molecule has 0 saturated carbocycles. The first-order chi connectivity index (χ1) is 10.7. The minimum absolute atomic E-state index is 0.650. The van der Waals surface area contributed by atoms with Crippen LogP contribution >= 0.6 is 0 Å². The quantitative estimate of drug-likeness (QED) is 0.336. The molecule has 0 spiro atoms. The molecule has 1 saturated heterocycles. The summed E-state index contributed by atoms with van der Waals surface area (Å²) in [4.78, 5) is 47.3. The Morgan fingerprint density at radius 2 is 1.29 bits per heavy atom. The minimum atomic E-state index is -3.57. The van der Waals surface area contributed by atoms with Crippen LogP contribution in [0.2, 0.25) is 0 Å². The molecule has 1 aliphatic rings. The van der Waals surface area contributed by atoms with Gasteiger partial charge in [0, 0.05) is 0 Å². The SMILES string of the molecule is CC(=O)C(O)[C@H]1O[C@@H](O)[C@@](O)(C(C)=O)[C@](O)(C(C)=O)[C@]1(O)C(C)=O. The molecule has 1 fully saturated rings. The predicted octanol–water partition coefficient (Wildman–Crippen LogP) is -3.39. The number of Topliss-reactive ketones (excluding diaryl/α,β-unsaturated/α-hetero) is 4. The fraction of sp³-hybridized carbons (Fsp3) is 0.714. The van der Waals surface area contributed by atoms with Crippen LogP contribution in [0.25, 0.3) is 0 Å². The van der Waals surface area contributed by atoms with E-state index in [0.717, 1.165) is 6.92 Å². The minimum Gasteiger partial charge on any atom is -0.382 e. The summed E-state index contributed by atoms with van der Waals surface area (Å²) < 4.78 is 4.74. The number of carbonyl (C=O) groups is 4. The van der Waals surface area contributed by atoms with Crippen molar-refractivity contribution < 1.29 is 49.4 Å². The van der Waals surface area contributed by atoms with E-state index in [1.807, 2.05) is 0 Å². The fourth-order valence-corrected chi connectivity index (χ4v) is 2.95. The third-order valence-electron chi connectivity index (χ3n) is 4.43. The van der Waals surface area contributed by atoms with Crippen LogP contribution in [0.15, 0.2) is 0 Å². The zero-order valence-corrected chi connectivity index (χ0v) is 13.5. The maximum Gasteiger partial charge on any atom is 0.213 e. The average Bonchev–Trinajstić information content (AvgIpc) is 2.46. The zero-order chi connectivity index (χ0) is 19.2. The molecule has 24 heavy (non-hydrogen) atoms. The van der Waals surface area contributed by atoms with Crippen molar-refractivity contribution in [2.45, 2.75) is 63.0 Å². The van der Waals surface area contributed by atoms with Gasteiger partial charge in [-0.3, -0.25) is 19.2 Å². The standard InChI is InChI=1S/C14H20O10/c1-5(15)9(19)10-12(21,6(2)16)14(23,8(4)18)13(22,7(3)17)11(20)24-10/h9-11,19-23H,1-4H3/t9?,10-,11-,12+,13+,14+/m1/s1. The van der Waals surface area contributed by atoms with Crippen molar-refractivity contribution in [3.63, 3.8) is 0 Å². The second-order valence-electron chi connectivity index (χ2n) is 5.88. The lowest BCUT2D eigenvalue weighted by atomic mass is 9.60. The molecule has 0 bridgehead atoms. The van der Waals surface area contributed by atoms with Crippen LogP contribution in [0.5, 0.6) is 0 Å². The Hall–Kier alpha value is -1.56. The van der Waals surface area contributed by atoms with Gasteiger partial charge in [0.25, 0.3) is 0 Å². The monoisotopic (exact) mass is 348 g/mol. The third-order valence-corrected chi connectivity index (χ3v) is 4.43. The van der Waals surface area contributed by atoms with E-state index in [0.29, 0.717) is 20.8 Å². The van der Waals surface area contributed by atoms with Crippen LogP contribution in [0.1, 0.15) is 27.7 Å². The van der Waals surface area contributed by atoms with Gasteiger partial charge in [0.15, 0.2) is 35.0 Å². The smallest absolute Gasteiger partial charge is 0.213 e. The van der Waals surface area contributed by atoms with E-state index in [1.54, 1.807) is 0 Å². The van der Waals surface area contributed by atoms with Crippen molar-refractivity contribution in [3.05, 3.63) is 0 Å². The molecule has 10 nitrogen and oxygen atoms in total. The van der Waals surface area contributed by atoms with E-state index < -0.39 is 58.4 Å². The molecular formula is C14H20O10. The van der Waals surface area contributed by atoms with Crippen molar-refractivity contribution in [1.29, 1.82) is 0 Å². The predicted molar refractivity (Wildman–Crippen MR) is 74.5 cm³/mol. The first-order valence-electron chi connectivity index (χ1n) is 6.92. The van der Waals surface area contributed by atoms with E-state index in [1.165, 1.54) is 0 Å².